The minimum Gasteiger partial charge on any atom is -0.313 e. The fourth-order valence-electron chi connectivity index (χ4n) is 3.32. The number of aryl methyl sites for hydroxylation is 1. The lowest BCUT2D eigenvalue weighted by atomic mass is 10.1. The third-order valence-electron chi connectivity index (χ3n) is 4.83. The van der Waals surface area contributed by atoms with Gasteiger partial charge in [0.25, 0.3) is 5.91 Å². The van der Waals surface area contributed by atoms with Crippen LogP contribution in [0.3, 0.4) is 0 Å². The number of carbonyl (C=O) groups is 1. The van der Waals surface area contributed by atoms with E-state index in [-0.39, 0.29) is 5.69 Å². The van der Waals surface area contributed by atoms with Gasteiger partial charge in [0, 0.05) is 22.1 Å². The molecule has 1 amide bonds. The van der Waals surface area contributed by atoms with Crippen LogP contribution < -0.4 is 9.62 Å². The fraction of sp³-hybridized carbons (Fsp3) is 0.130. The molecule has 0 spiro atoms. The summed E-state index contributed by atoms with van der Waals surface area (Å²) in [6, 6.07) is 19.0. The van der Waals surface area contributed by atoms with Crippen LogP contribution in [0.2, 0.25) is 0 Å². The van der Waals surface area contributed by atoms with E-state index in [1.807, 2.05) is 52.1 Å². The lowest BCUT2D eigenvalue weighted by Crippen LogP contribution is -2.30. The Balaban J connectivity index is 1.75. The summed E-state index contributed by atoms with van der Waals surface area (Å²) in [7, 11) is -3.71. The standard InChI is InChI=1S/C23H19N5O3S2/c1-15-21(22(29)27-33(2,30)31)26-23(32-15)28(19-8-5-16(13-24)6-9-19)14-17-7-10-20-18(12-17)4-3-11-25-20/h3-12H,14H2,1-2H3,(H,27,29). The predicted octanol–water partition coefficient (Wildman–Crippen LogP) is 3.90. The van der Waals surface area contributed by atoms with E-state index >= 15 is 0 Å². The number of hydrogen-bond acceptors (Lipinski definition) is 8. The van der Waals surface area contributed by atoms with Crippen LogP contribution in [-0.2, 0) is 16.6 Å². The zero-order valence-electron chi connectivity index (χ0n) is 17.8. The number of rotatable bonds is 6. The maximum Gasteiger partial charge on any atom is 0.284 e. The number of nitriles is 1. The van der Waals surface area contributed by atoms with Gasteiger partial charge >= 0.3 is 0 Å². The zero-order chi connectivity index (χ0) is 23.6. The first kappa shape index (κ1) is 22.4. The van der Waals surface area contributed by atoms with Gasteiger partial charge in [-0.2, -0.15) is 5.26 Å². The molecule has 0 bridgehead atoms. The number of nitrogens with zero attached hydrogens (tertiary/aromatic N) is 4. The van der Waals surface area contributed by atoms with Gasteiger partial charge in [0.05, 0.1) is 29.9 Å². The largest absolute Gasteiger partial charge is 0.313 e. The van der Waals surface area contributed by atoms with Crippen LogP contribution in [0.4, 0.5) is 10.8 Å². The monoisotopic (exact) mass is 477 g/mol. The zero-order valence-corrected chi connectivity index (χ0v) is 19.4. The van der Waals surface area contributed by atoms with E-state index in [4.69, 9.17) is 5.26 Å². The van der Waals surface area contributed by atoms with Gasteiger partial charge in [0.2, 0.25) is 10.0 Å². The molecule has 0 aliphatic heterocycles. The number of thiazole rings is 1. The van der Waals surface area contributed by atoms with Crippen LogP contribution in [0.1, 0.15) is 26.5 Å². The summed E-state index contributed by atoms with van der Waals surface area (Å²) in [4.78, 5) is 23.8. The van der Waals surface area contributed by atoms with Crippen LogP contribution in [0.5, 0.6) is 0 Å². The summed E-state index contributed by atoms with van der Waals surface area (Å²) in [6.45, 7) is 2.16. The topological polar surface area (TPSA) is 116 Å². The highest BCUT2D eigenvalue weighted by atomic mass is 32.2. The average Bonchev–Trinajstić information content (AvgIpc) is 3.18. The molecule has 4 rings (SSSR count). The highest BCUT2D eigenvalue weighted by Crippen LogP contribution is 2.33. The number of sulfonamides is 1. The van der Waals surface area contributed by atoms with Gasteiger partial charge in [-0.3, -0.25) is 9.78 Å². The second-order valence-corrected chi connectivity index (χ2v) is 10.3. The van der Waals surface area contributed by atoms with E-state index in [2.05, 4.69) is 16.0 Å². The van der Waals surface area contributed by atoms with Crippen molar-refractivity contribution in [3.05, 3.63) is 82.5 Å². The Morgan fingerprint density at radius 1 is 1.18 bits per heavy atom. The van der Waals surface area contributed by atoms with Gasteiger partial charge in [0.1, 0.15) is 5.69 Å². The van der Waals surface area contributed by atoms with E-state index in [9.17, 15) is 13.2 Å². The van der Waals surface area contributed by atoms with Crippen LogP contribution in [0, 0.1) is 18.3 Å². The van der Waals surface area contributed by atoms with Crippen LogP contribution in [0.15, 0.2) is 60.8 Å². The molecule has 0 aliphatic carbocycles. The number of amides is 1. The third-order valence-corrected chi connectivity index (χ3v) is 6.38. The average molecular weight is 478 g/mol. The molecule has 0 saturated heterocycles. The minimum absolute atomic E-state index is 0.0572. The number of hydrogen-bond donors (Lipinski definition) is 1. The third kappa shape index (κ3) is 5.16. The minimum atomic E-state index is -3.71. The number of fused-ring (bicyclic) bond motifs is 1. The van der Waals surface area contributed by atoms with E-state index in [1.54, 1.807) is 25.3 Å². The van der Waals surface area contributed by atoms with Crippen LogP contribution in [0.25, 0.3) is 10.9 Å². The maximum absolute atomic E-state index is 12.4. The van der Waals surface area contributed by atoms with E-state index in [1.165, 1.54) is 11.3 Å². The van der Waals surface area contributed by atoms with Gasteiger partial charge in [-0.1, -0.05) is 12.1 Å². The van der Waals surface area contributed by atoms with Crippen molar-refractivity contribution >= 4 is 49.0 Å². The van der Waals surface area contributed by atoms with E-state index in [0.717, 1.165) is 28.4 Å². The second-order valence-electron chi connectivity index (χ2n) is 7.38. The predicted molar refractivity (Wildman–Crippen MR) is 128 cm³/mol. The summed E-state index contributed by atoms with van der Waals surface area (Å²) in [6.07, 6.45) is 2.66. The highest BCUT2D eigenvalue weighted by Gasteiger charge is 2.22. The molecular formula is C23H19N5O3S2. The summed E-state index contributed by atoms with van der Waals surface area (Å²) >= 11 is 1.29. The Morgan fingerprint density at radius 2 is 1.94 bits per heavy atom. The molecule has 4 aromatic rings. The molecule has 0 unspecified atom stereocenters. The number of pyridine rings is 1. The molecular weight excluding hydrogens is 458 g/mol. The molecule has 166 valence electrons. The number of nitrogens with one attached hydrogen (secondary N) is 1. The first-order chi connectivity index (χ1) is 15.7. The molecule has 0 atom stereocenters. The Kier molecular flexibility index (Phi) is 6.09. The fourth-order valence-corrected chi connectivity index (χ4v) is 4.68. The molecule has 8 nitrogen and oxygen atoms in total. The van der Waals surface area contributed by atoms with Gasteiger partial charge in [-0.15, -0.1) is 11.3 Å². The summed E-state index contributed by atoms with van der Waals surface area (Å²) < 4.78 is 25.0. The van der Waals surface area contributed by atoms with Crippen molar-refractivity contribution in [2.24, 2.45) is 0 Å². The molecule has 0 aliphatic rings. The van der Waals surface area contributed by atoms with Gasteiger partial charge in [-0.05, 0) is 55.0 Å². The van der Waals surface area contributed by atoms with Crippen LogP contribution in [-0.4, -0.2) is 30.5 Å². The molecule has 10 heteroatoms. The van der Waals surface area contributed by atoms with Crippen molar-refractivity contribution in [3.63, 3.8) is 0 Å². The first-order valence-electron chi connectivity index (χ1n) is 9.84. The molecule has 0 saturated carbocycles. The van der Waals surface area contributed by atoms with Crippen LogP contribution >= 0.6 is 11.3 Å². The summed E-state index contributed by atoms with van der Waals surface area (Å²) in [5.74, 6) is -0.769. The Hall–Kier alpha value is -3.81. The van der Waals surface area contributed by atoms with Crippen molar-refractivity contribution in [1.29, 1.82) is 5.26 Å². The molecule has 2 aromatic carbocycles. The van der Waals surface area contributed by atoms with Gasteiger partial charge in [-0.25, -0.2) is 18.1 Å². The Morgan fingerprint density at radius 3 is 2.64 bits per heavy atom. The number of carbonyl (C=O) groups excluding carboxylic acids is 1. The van der Waals surface area contributed by atoms with E-state index < -0.39 is 15.9 Å². The number of aromatic nitrogens is 2. The lowest BCUT2D eigenvalue weighted by Gasteiger charge is -2.22. The first-order valence-corrected chi connectivity index (χ1v) is 12.6. The van der Waals surface area contributed by atoms with Crippen molar-refractivity contribution in [1.82, 2.24) is 14.7 Å². The molecule has 2 aromatic heterocycles. The van der Waals surface area contributed by atoms with Gasteiger partial charge < -0.3 is 4.90 Å². The van der Waals surface area contributed by atoms with Crippen molar-refractivity contribution in [2.75, 3.05) is 11.2 Å². The van der Waals surface area contributed by atoms with Crippen molar-refractivity contribution in [3.8, 4) is 6.07 Å². The maximum atomic E-state index is 12.4. The van der Waals surface area contributed by atoms with Gasteiger partial charge in [0.15, 0.2) is 5.13 Å². The number of benzene rings is 2. The molecule has 2 heterocycles. The molecule has 0 radical (unpaired) electrons. The normalized spacial score (nSPS) is 11.2. The highest BCUT2D eigenvalue weighted by molar-refractivity contribution is 7.89. The van der Waals surface area contributed by atoms with Crippen molar-refractivity contribution < 1.29 is 13.2 Å². The molecule has 0 fully saturated rings. The van der Waals surface area contributed by atoms with E-state index in [0.29, 0.717) is 22.1 Å². The molecule has 1 N–H and O–H groups in total. The van der Waals surface area contributed by atoms with Crippen molar-refractivity contribution in [2.45, 2.75) is 13.5 Å². The Bertz CT molecular complexity index is 1490. The second kappa shape index (κ2) is 8.97. The SMILES string of the molecule is Cc1sc(N(Cc2ccc3ncccc3c2)c2ccc(C#N)cc2)nc1C(=O)NS(C)(=O)=O. The summed E-state index contributed by atoms with van der Waals surface area (Å²) in [5, 5.41) is 10.7. The smallest absolute Gasteiger partial charge is 0.284 e. The molecule has 33 heavy (non-hydrogen) atoms. The summed E-state index contributed by atoms with van der Waals surface area (Å²) in [5.41, 5.74) is 3.25. The number of anilines is 2. The lowest BCUT2D eigenvalue weighted by molar-refractivity contribution is 0.0977. The quantitative estimate of drug-likeness (QED) is 0.448. The Labute approximate surface area is 195 Å².